The number of nitrogens with one attached hydrogen (secondary N) is 2. The Morgan fingerprint density at radius 3 is 1.20 bits per heavy atom. The van der Waals surface area contributed by atoms with Crippen molar-refractivity contribution < 1.29 is 153 Å². The van der Waals surface area contributed by atoms with Crippen molar-refractivity contribution in [3.05, 3.63) is 71.8 Å². The van der Waals surface area contributed by atoms with Gasteiger partial charge < -0.3 is 39.9 Å². The van der Waals surface area contributed by atoms with Gasteiger partial charge in [-0.3, -0.25) is 47.5 Å². The molecule has 0 spiro atoms. The molecule has 0 saturated carbocycles. The summed E-state index contributed by atoms with van der Waals surface area (Å²) in [5, 5.41) is 23.7. The van der Waals surface area contributed by atoms with E-state index in [2.05, 4.69) is 10.6 Å². The molecular formula is C32H30N4Na2O20S2. The van der Waals surface area contributed by atoms with Gasteiger partial charge in [0.15, 0.2) is 10.5 Å². The maximum absolute atomic E-state index is 12.5. The Morgan fingerprint density at radius 2 is 0.950 bits per heavy atom. The van der Waals surface area contributed by atoms with Gasteiger partial charge in [0, 0.05) is 12.8 Å². The predicted molar refractivity (Wildman–Crippen MR) is 177 cm³/mol. The normalized spacial score (nSPS) is 24.7. The Morgan fingerprint density at radius 1 is 0.633 bits per heavy atom. The van der Waals surface area contributed by atoms with Gasteiger partial charge in [0.2, 0.25) is 11.8 Å². The van der Waals surface area contributed by atoms with Crippen LogP contribution in [0.15, 0.2) is 60.7 Å². The largest absolute Gasteiger partial charge is 1.00 e. The van der Waals surface area contributed by atoms with E-state index in [0.29, 0.717) is 10.1 Å². The Balaban J connectivity index is 0.000000310. The minimum Gasteiger partial charge on any atom is -0.544 e. The van der Waals surface area contributed by atoms with E-state index in [0.717, 1.165) is 0 Å². The van der Waals surface area contributed by atoms with Gasteiger partial charge in [-0.2, -0.15) is 27.0 Å². The number of hydroxylamine groups is 4. The maximum Gasteiger partial charge on any atom is 1.00 e. The molecule has 4 unspecified atom stereocenters. The summed E-state index contributed by atoms with van der Waals surface area (Å²) in [5.74, 6) is -10.2. The molecule has 6 rings (SSSR count). The van der Waals surface area contributed by atoms with Crippen LogP contribution in [0.2, 0.25) is 0 Å². The van der Waals surface area contributed by atoms with Crippen molar-refractivity contribution in [2.45, 2.75) is 59.7 Å². The van der Waals surface area contributed by atoms with Gasteiger partial charge in [-0.25, -0.2) is 0 Å². The standard InChI is InChI=1S/2C16H16N2O10S.2Na/c2*19-11-6-7-16(28-11,15(22)23)18-14(21)10(8-27-18)17-13(20)12(29(24,25)26)9-4-2-1-3-5-9;;/h2*1-5,10,12H,6-8H2,(H,17,20)(H,22,23)(H,24,25,26);;/q;;2*+1/p-2/t2*10-,12?,16?;;/m00../s1. The zero-order chi connectivity index (χ0) is 42.8. The van der Waals surface area contributed by atoms with Gasteiger partial charge in [0.1, 0.15) is 37.2 Å². The van der Waals surface area contributed by atoms with Crippen LogP contribution in [0, 0.1) is 0 Å². The van der Waals surface area contributed by atoms with Crippen LogP contribution in [-0.4, -0.2) is 120 Å². The summed E-state index contributed by atoms with van der Waals surface area (Å²) in [5.41, 5.74) is -5.05. The van der Waals surface area contributed by atoms with Crippen molar-refractivity contribution in [3.63, 3.8) is 0 Å². The average Bonchev–Trinajstić information content (AvgIpc) is 3.92. The summed E-state index contributed by atoms with van der Waals surface area (Å²) in [6, 6.07) is 11.1. The van der Waals surface area contributed by atoms with E-state index in [1.807, 2.05) is 0 Å². The van der Waals surface area contributed by atoms with Gasteiger partial charge in [0.05, 0.1) is 12.8 Å². The smallest absolute Gasteiger partial charge is 0.544 e. The second-order valence-corrected chi connectivity index (χ2v) is 15.7. The molecule has 4 N–H and O–H groups in total. The van der Waals surface area contributed by atoms with Crippen molar-refractivity contribution in [2.75, 3.05) is 13.2 Å². The van der Waals surface area contributed by atoms with Crippen LogP contribution < -0.4 is 80.0 Å². The number of carboxylic acid groups (broad SMARTS) is 2. The van der Waals surface area contributed by atoms with E-state index in [1.165, 1.54) is 48.5 Å². The quantitative estimate of drug-likeness (QED) is 0.0873. The number of nitrogens with zero attached hydrogens (tertiary/aromatic N) is 2. The van der Waals surface area contributed by atoms with E-state index in [9.17, 15) is 74.5 Å². The predicted octanol–water partition coefficient (Wildman–Crippen LogP) is -10.7. The number of cyclic esters (lactones) is 2. The van der Waals surface area contributed by atoms with Crippen LogP contribution in [-0.2, 0) is 77.7 Å². The fourth-order valence-corrected chi connectivity index (χ4v) is 7.83. The topological polar surface area (TPSA) is 359 Å². The number of rotatable bonds is 12. The minimum atomic E-state index is -4.89. The average molecular weight is 901 g/mol. The molecular weight excluding hydrogens is 870 g/mol. The molecule has 2 aromatic carbocycles. The summed E-state index contributed by atoms with van der Waals surface area (Å²) in [7, 11) is -9.78. The number of hydrogen-bond acceptors (Lipinski definition) is 18. The van der Waals surface area contributed by atoms with Crippen LogP contribution in [0.1, 0.15) is 47.3 Å². The molecule has 0 aliphatic carbocycles. The number of amides is 4. The summed E-state index contributed by atoms with van der Waals surface area (Å²) in [6.45, 7) is -1.10. The molecule has 2 aromatic rings. The summed E-state index contributed by atoms with van der Waals surface area (Å²) < 4.78 is 75.2. The third-order valence-corrected chi connectivity index (χ3v) is 11.0. The van der Waals surface area contributed by atoms with E-state index in [-0.39, 0.29) is 83.1 Å². The van der Waals surface area contributed by atoms with Crippen LogP contribution in [0.3, 0.4) is 0 Å². The van der Waals surface area contributed by atoms with E-state index < -0.39 is 128 Å². The first-order chi connectivity index (χ1) is 27.1. The van der Waals surface area contributed by atoms with Crippen LogP contribution in [0.25, 0.3) is 0 Å². The molecule has 4 heterocycles. The van der Waals surface area contributed by atoms with E-state index in [4.69, 9.17) is 19.1 Å². The van der Waals surface area contributed by atoms with Gasteiger partial charge in [0.25, 0.3) is 43.5 Å². The second kappa shape index (κ2) is 19.8. The van der Waals surface area contributed by atoms with Crippen LogP contribution >= 0.6 is 0 Å². The molecule has 28 heteroatoms. The number of benzene rings is 2. The number of carbonyl (C=O) groups excluding carboxylic acids is 8. The van der Waals surface area contributed by atoms with Gasteiger partial charge >= 0.3 is 71.1 Å². The molecule has 0 bridgehead atoms. The van der Waals surface area contributed by atoms with Gasteiger partial charge in [-0.1, -0.05) is 60.7 Å². The molecule has 0 aromatic heterocycles. The summed E-state index contributed by atoms with van der Waals surface area (Å²) in [6.07, 6.45) is -1.43. The number of carboxylic acids is 2. The zero-order valence-electron chi connectivity index (χ0n) is 31.3. The number of esters is 2. The number of hydrogen-bond donors (Lipinski definition) is 4. The number of carbonyl (C=O) groups is 8. The molecule has 4 aliphatic rings. The van der Waals surface area contributed by atoms with Gasteiger partial charge in [-0.05, 0) is 11.1 Å². The minimum absolute atomic E-state index is 0. The Kier molecular flexibility index (Phi) is 16.6. The summed E-state index contributed by atoms with van der Waals surface area (Å²) >= 11 is 0. The fraction of sp³-hybridized carbons (Fsp3) is 0.375. The first-order valence-electron chi connectivity index (χ1n) is 16.6. The summed E-state index contributed by atoms with van der Waals surface area (Å²) in [4.78, 5) is 106. The van der Waals surface area contributed by atoms with Crippen LogP contribution in [0.5, 0.6) is 0 Å². The Bertz CT molecular complexity index is 2100. The van der Waals surface area contributed by atoms with Crippen molar-refractivity contribution in [1.29, 1.82) is 0 Å². The molecule has 4 amide bonds. The van der Waals surface area contributed by atoms with Crippen LogP contribution in [0.4, 0.5) is 0 Å². The first kappa shape index (κ1) is 50.3. The first-order valence-corrected chi connectivity index (χ1v) is 19.6. The van der Waals surface area contributed by atoms with Crippen molar-refractivity contribution in [2.24, 2.45) is 0 Å². The molecule has 4 fully saturated rings. The number of aliphatic carboxylic acids is 2. The van der Waals surface area contributed by atoms with Gasteiger partial charge in [-0.15, -0.1) is 0 Å². The zero-order valence-corrected chi connectivity index (χ0v) is 36.9. The second-order valence-electron chi connectivity index (χ2n) is 12.7. The molecule has 312 valence electrons. The van der Waals surface area contributed by atoms with E-state index >= 15 is 0 Å². The third kappa shape index (κ3) is 10.5. The Hall–Kier alpha value is -4.06. The third-order valence-electron chi connectivity index (χ3n) is 8.84. The fourth-order valence-electron chi connectivity index (χ4n) is 6.15. The van der Waals surface area contributed by atoms with Crippen molar-refractivity contribution >= 4 is 67.7 Å². The Labute approximate surface area is 383 Å². The molecule has 6 atom stereocenters. The molecule has 4 saturated heterocycles. The molecule has 4 aliphatic heterocycles. The van der Waals surface area contributed by atoms with Crippen molar-refractivity contribution in [3.8, 4) is 0 Å². The molecule has 0 radical (unpaired) electrons. The molecule has 60 heavy (non-hydrogen) atoms. The SMILES string of the molecule is O=C1CCC(C(=O)[O-])(N2OC[C@H](NC(=O)C(c3ccccc3)S(=O)(=O)O)C2=O)O1.O=C1CCC(C(=O)[O-])(N2OC[C@H](NC(=O)C(c3ccccc3)S(=O)(=O)O)C2=O)O1.[Na+].[Na+]. The van der Waals surface area contributed by atoms with Crippen molar-refractivity contribution in [1.82, 2.24) is 20.8 Å². The molecule has 24 nitrogen and oxygen atoms in total. The number of ether oxygens (including phenoxy) is 2. The van der Waals surface area contributed by atoms with E-state index in [1.54, 1.807) is 12.1 Å². The maximum atomic E-state index is 12.5. The monoisotopic (exact) mass is 900 g/mol.